The van der Waals surface area contributed by atoms with E-state index in [9.17, 15) is 9.90 Å². The average Bonchev–Trinajstić information content (AvgIpc) is 2.98. The Labute approximate surface area is 148 Å². The zero-order chi connectivity index (χ0) is 16.8. The molecule has 0 bridgehead atoms. The molecule has 0 saturated heterocycles. The number of benzene rings is 1. The Kier molecular flexibility index (Phi) is 6.74. The number of rotatable bonds is 8. The van der Waals surface area contributed by atoms with Crippen molar-refractivity contribution in [3.63, 3.8) is 0 Å². The molecule has 1 aromatic heterocycles. The van der Waals surface area contributed by atoms with Gasteiger partial charge >= 0.3 is 5.97 Å². The van der Waals surface area contributed by atoms with E-state index >= 15 is 0 Å². The van der Waals surface area contributed by atoms with Crippen LogP contribution in [0.3, 0.4) is 0 Å². The van der Waals surface area contributed by atoms with E-state index in [1.165, 1.54) is 0 Å². The van der Waals surface area contributed by atoms with Crippen molar-refractivity contribution in [2.24, 2.45) is 0 Å². The molecule has 0 fully saturated rings. The number of carbonyl (C=O) groups is 1. The van der Waals surface area contributed by atoms with Crippen molar-refractivity contribution in [3.05, 3.63) is 46.1 Å². The van der Waals surface area contributed by atoms with E-state index < -0.39 is 12.0 Å². The summed E-state index contributed by atoms with van der Waals surface area (Å²) in [5, 5.41) is 12.3. The van der Waals surface area contributed by atoms with Crippen LogP contribution in [-0.4, -0.2) is 29.1 Å². The number of hydrogen-bond donors (Lipinski definition) is 2. The molecule has 1 atom stereocenters. The topological polar surface area (TPSA) is 62.5 Å². The normalized spacial score (nSPS) is 12.3. The van der Waals surface area contributed by atoms with Crippen molar-refractivity contribution in [1.29, 1.82) is 0 Å². The highest BCUT2D eigenvalue weighted by Crippen LogP contribution is 2.26. The molecular formula is C17H20BrNO3S. The van der Waals surface area contributed by atoms with E-state index in [2.05, 4.69) is 27.3 Å². The van der Waals surface area contributed by atoms with E-state index in [0.717, 1.165) is 32.9 Å². The number of nitrogens with one attached hydrogen (secondary N) is 1. The number of carboxylic acids is 1. The smallest absolute Gasteiger partial charge is 0.320 e. The third-order valence-electron chi connectivity index (χ3n) is 3.54. The Morgan fingerprint density at radius 1 is 1.39 bits per heavy atom. The molecule has 1 unspecified atom stereocenters. The van der Waals surface area contributed by atoms with E-state index in [1.807, 2.05) is 37.4 Å². The van der Waals surface area contributed by atoms with Gasteiger partial charge in [0.1, 0.15) is 17.6 Å². The molecule has 0 aliphatic rings. The van der Waals surface area contributed by atoms with Crippen molar-refractivity contribution in [3.8, 4) is 11.3 Å². The highest BCUT2D eigenvalue weighted by Gasteiger charge is 2.16. The van der Waals surface area contributed by atoms with Gasteiger partial charge in [-0.3, -0.25) is 10.1 Å². The maximum Gasteiger partial charge on any atom is 0.320 e. The molecular weight excluding hydrogens is 378 g/mol. The van der Waals surface area contributed by atoms with Gasteiger partial charge in [-0.2, -0.15) is 11.8 Å². The number of carboxylic acid groups (broad SMARTS) is 1. The molecule has 1 heterocycles. The van der Waals surface area contributed by atoms with Crippen LogP contribution in [0.1, 0.15) is 17.7 Å². The Balaban J connectivity index is 2.01. The monoisotopic (exact) mass is 397 g/mol. The lowest BCUT2D eigenvalue weighted by molar-refractivity contribution is -0.139. The minimum Gasteiger partial charge on any atom is -0.480 e. The fourth-order valence-corrected chi connectivity index (χ4v) is 2.92. The van der Waals surface area contributed by atoms with Gasteiger partial charge in [0.25, 0.3) is 0 Å². The van der Waals surface area contributed by atoms with Crippen molar-refractivity contribution >= 4 is 33.7 Å². The number of aryl methyl sites for hydroxylation is 1. The second-order valence-corrected chi connectivity index (χ2v) is 7.12. The molecule has 0 spiro atoms. The van der Waals surface area contributed by atoms with Gasteiger partial charge in [0.15, 0.2) is 0 Å². The molecule has 1 aromatic carbocycles. The summed E-state index contributed by atoms with van der Waals surface area (Å²) in [6.45, 7) is 2.43. The van der Waals surface area contributed by atoms with Crippen LogP contribution >= 0.6 is 27.7 Å². The Morgan fingerprint density at radius 3 is 2.83 bits per heavy atom. The van der Waals surface area contributed by atoms with Crippen molar-refractivity contribution in [1.82, 2.24) is 5.32 Å². The van der Waals surface area contributed by atoms with Crippen molar-refractivity contribution in [2.75, 3.05) is 12.0 Å². The second kappa shape index (κ2) is 8.57. The lowest BCUT2D eigenvalue weighted by atomic mass is 10.1. The van der Waals surface area contributed by atoms with Crippen LogP contribution in [0.4, 0.5) is 0 Å². The van der Waals surface area contributed by atoms with Gasteiger partial charge in [-0.05, 0) is 55.2 Å². The van der Waals surface area contributed by atoms with Crippen LogP contribution in [0.15, 0.2) is 39.2 Å². The van der Waals surface area contributed by atoms with Crippen LogP contribution in [0.5, 0.6) is 0 Å². The molecule has 2 N–H and O–H groups in total. The quantitative estimate of drug-likeness (QED) is 0.694. The molecule has 4 nitrogen and oxygen atoms in total. The number of halogens is 1. The fraction of sp³-hybridized carbons (Fsp3) is 0.353. The van der Waals surface area contributed by atoms with E-state index in [4.69, 9.17) is 4.42 Å². The first-order valence-corrected chi connectivity index (χ1v) is 9.50. The van der Waals surface area contributed by atoms with E-state index in [-0.39, 0.29) is 0 Å². The number of furan rings is 1. The third kappa shape index (κ3) is 5.12. The maximum absolute atomic E-state index is 11.2. The van der Waals surface area contributed by atoms with Gasteiger partial charge in [-0.15, -0.1) is 0 Å². The zero-order valence-electron chi connectivity index (χ0n) is 13.1. The largest absolute Gasteiger partial charge is 0.480 e. The number of thioether (sulfide) groups is 1. The van der Waals surface area contributed by atoms with Crippen LogP contribution in [-0.2, 0) is 11.3 Å². The molecule has 0 aliphatic heterocycles. The van der Waals surface area contributed by atoms with E-state index in [1.54, 1.807) is 11.8 Å². The summed E-state index contributed by atoms with van der Waals surface area (Å²) in [5.74, 6) is 1.50. The summed E-state index contributed by atoms with van der Waals surface area (Å²) in [6.07, 6.45) is 2.56. The highest BCUT2D eigenvalue weighted by molar-refractivity contribution is 9.10. The van der Waals surface area contributed by atoms with Crippen LogP contribution in [0.25, 0.3) is 11.3 Å². The number of hydrogen-bond acceptors (Lipinski definition) is 4. The first kappa shape index (κ1) is 18.1. The summed E-state index contributed by atoms with van der Waals surface area (Å²) in [6, 6.07) is 9.29. The molecule has 2 aromatic rings. The molecule has 0 aliphatic carbocycles. The van der Waals surface area contributed by atoms with Gasteiger partial charge < -0.3 is 9.52 Å². The van der Waals surface area contributed by atoms with Crippen LogP contribution < -0.4 is 5.32 Å². The number of aliphatic carboxylic acids is 1. The predicted molar refractivity (Wildman–Crippen MR) is 97.8 cm³/mol. The summed E-state index contributed by atoms with van der Waals surface area (Å²) in [4.78, 5) is 11.2. The van der Waals surface area contributed by atoms with Gasteiger partial charge in [0.05, 0.1) is 6.54 Å². The first-order valence-electron chi connectivity index (χ1n) is 7.31. The van der Waals surface area contributed by atoms with Gasteiger partial charge in [0, 0.05) is 10.0 Å². The van der Waals surface area contributed by atoms with Crippen molar-refractivity contribution < 1.29 is 14.3 Å². The van der Waals surface area contributed by atoms with E-state index in [0.29, 0.717) is 13.0 Å². The first-order chi connectivity index (χ1) is 11.0. The molecule has 0 amide bonds. The average molecular weight is 398 g/mol. The summed E-state index contributed by atoms with van der Waals surface area (Å²) >= 11 is 5.13. The summed E-state index contributed by atoms with van der Waals surface area (Å²) < 4.78 is 6.89. The standard InChI is InChI=1S/C17H20BrNO3S/c1-11-9-12(3-5-14(11)18)16-6-4-13(22-16)10-19-15(17(20)21)7-8-23-2/h3-6,9,15,19H,7-8,10H2,1-2H3,(H,20,21). The van der Waals surface area contributed by atoms with Crippen molar-refractivity contribution in [2.45, 2.75) is 25.9 Å². The van der Waals surface area contributed by atoms with Crippen LogP contribution in [0, 0.1) is 6.92 Å². The summed E-state index contributed by atoms with van der Waals surface area (Å²) in [5.41, 5.74) is 2.15. The molecule has 0 radical (unpaired) electrons. The summed E-state index contributed by atoms with van der Waals surface area (Å²) in [7, 11) is 0. The van der Waals surface area contributed by atoms with Gasteiger partial charge in [-0.1, -0.05) is 22.0 Å². The SMILES string of the molecule is CSCCC(NCc1ccc(-c2ccc(Br)c(C)c2)o1)C(=O)O. The lowest BCUT2D eigenvalue weighted by Gasteiger charge is -2.12. The highest BCUT2D eigenvalue weighted by atomic mass is 79.9. The Morgan fingerprint density at radius 2 is 2.17 bits per heavy atom. The molecule has 6 heteroatoms. The second-order valence-electron chi connectivity index (χ2n) is 5.28. The van der Waals surface area contributed by atoms with Crippen LogP contribution in [0.2, 0.25) is 0 Å². The molecule has 2 rings (SSSR count). The minimum absolute atomic E-state index is 0.404. The molecule has 0 saturated carbocycles. The molecule has 124 valence electrons. The fourth-order valence-electron chi connectivity index (χ4n) is 2.20. The Bertz CT molecular complexity index is 672. The van der Waals surface area contributed by atoms with Gasteiger partial charge in [-0.25, -0.2) is 0 Å². The maximum atomic E-state index is 11.2. The predicted octanol–water partition coefficient (Wildman–Crippen LogP) is 4.31. The minimum atomic E-state index is -0.825. The third-order valence-corrected chi connectivity index (χ3v) is 5.07. The lowest BCUT2D eigenvalue weighted by Crippen LogP contribution is -2.36. The zero-order valence-corrected chi connectivity index (χ0v) is 15.5. The Hall–Kier alpha value is -1.24. The van der Waals surface area contributed by atoms with Gasteiger partial charge in [0.2, 0.25) is 0 Å². The molecule has 23 heavy (non-hydrogen) atoms.